The number of unbranched alkanes of at least 4 members (excludes halogenated alkanes) is 1. The van der Waals surface area contributed by atoms with Gasteiger partial charge >= 0.3 is 0 Å². The van der Waals surface area contributed by atoms with Crippen molar-refractivity contribution in [3.63, 3.8) is 0 Å². The van der Waals surface area contributed by atoms with Gasteiger partial charge in [0.15, 0.2) is 5.78 Å². The van der Waals surface area contributed by atoms with Gasteiger partial charge in [0.2, 0.25) is 0 Å². The molecule has 0 bridgehead atoms. The second-order valence-electron chi connectivity index (χ2n) is 1.95. The van der Waals surface area contributed by atoms with Crippen LogP contribution in [0.5, 0.6) is 0 Å². The van der Waals surface area contributed by atoms with E-state index in [1.807, 2.05) is 0 Å². The maximum atomic E-state index is 10.6. The highest BCUT2D eigenvalue weighted by molar-refractivity contribution is 5.88. The molecule has 0 aliphatic heterocycles. The van der Waals surface area contributed by atoms with E-state index >= 15 is 0 Å². The molecule has 0 amide bonds. The topological polar surface area (TPSA) is 17.1 Å². The molecule has 0 rings (SSSR count). The van der Waals surface area contributed by atoms with Gasteiger partial charge in [0, 0.05) is 12.8 Å². The molecule has 1 heteroatoms. The summed E-state index contributed by atoms with van der Waals surface area (Å²) in [6.07, 6.45) is 3.61. The van der Waals surface area contributed by atoms with Crippen LogP contribution in [0.25, 0.3) is 0 Å². The van der Waals surface area contributed by atoms with E-state index in [9.17, 15) is 4.79 Å². The third-order valence-corrected chi connectivity index (χ3v) is 1.13. The lowest BCUT2D eigenvalue weighted by molar-refractivity contribution is -0.114. The molecule has 0 aromatic carbocycles. The van der Waals surface area contributed by atoms with E-state index in [0.29, 0.717) is 6.42 Å². The molecule has 0 aliphatic carbocycles. The first kappa shape index (κ1) is 8.97. The molecule has 0 spiro atoms. The molecule has 1 nitrogen and oxygen atoms in total. The summed E-state index contributed by atoms with van der Waals surface area (Å²) >= 11 is 0. The predicted octanol–water partition coefficient (Wildman–Crippen LogP) is 1.94. The summed E-state index contributed by atoms with van der Waals surface area (Å²) in [6, 6.07) is 0. The fourth-order valence-corrected chi connectivity index (χ4v) is 0.578. The van der Waals surface area contributed by atoms with Gasteiger partial charge in [0.05, 0.1) is 0 Å². The molecule has 10 heavy (non-hydrogen) atoms. The largest absolute Gasteiger partial charge is 0.295 e. The molecule has 0 atom stereocenters. The SMILES string of the molecule is C=CC(=O)CCCC#CC. The van der Waals surface area contributed by atoms with Gasteiger partial charge in [-0.3, -0.25) is 4.79 Å². The smallest absolute Gasteiger partial charge is 0.155 e. The van der Waals surface area contributed by atoms with Crippen molar-refractivity contribution in [1.29, 1.82) is 0 Å². The van der Waals surface area contributed by atoms with Crippen LogP contribution in [0.15, 0.2) is 12.7 Å². The van der Waals surface area contributed by atoms with E-state index in [-0.39, 0.29) is 5.78 Å². The lowest BCUT2D eigenvalue weighted by Crippen LogP contribution is -1.89. The second kappa shape index (κ2) is 6.10. The summed E-state index contributed by atoms with van der Waals surface area (Å²) in [6.45, 7) is 5.17. The Kier molecular flexibility index (Phi) is 5.47. The van der Waals surface area contributed by atoms with E-state index in [1.54, 1.807) is 6.92 Å². The highest BCUT2D eigenvalue weighted by atomic mass is 16.1. The van der Waals surface area contributed by atoms with Crippen molar-refractivity contribution in [3.8, 4) is 11.8 Å². The molecule has 0 aliphatic rings. The second-order valence-corrected chi connectivity index (χ2v) is 1.95. The number of hydrogen-bond donors (Lipinski definition) is 0. The minimum absolute atomic E-state index is 0.109. The normalized spacial score (nSPS) is 7.70. The van der Waals surface area contributed by atoms with Crippen LogP contribution in [0, 0.1) is 11.8 Å². The minimum Gasteiger partial charge on any atom is -0.295 e. The zero-order chi connectivity index (χ0) is 7.82. The molecule has 0 N–H and O–H groups in total. The summed E-state index contributed by atoms with van der Waals surface area (Å²) in [4.78, 5) is 10.6. The van der Waals surface area contributed by atoms with Crippen molar-refractivity contribution in [2.24, 2.45) is 0 Å². The van der Waals surface area contributed by atoms with E-state index in [4.69, 9.17) is 0 Å². The van der Waals surface area contributed by atoms with E-state index in [0.717, 1.165) is 12.8 Å². The van der Waals surface area contributed by atoms with Gasteiger partial charge in [-0.1, -0.05) is 6.58 Å². The van der Waals surface area contributed by atoms with Crippen LogP contribution in [-0.4, -0.2) is 5.78 Å². The Morgan fingerprint density at radius 3 is 2.90 bits per heavy atom. The van der Waals surface area contributed by atoms with Gasteiger partial charge in [-0.15, -0.1) is 11.8 Å². The molecule has 0 saturated carbocycles. The number of ketones is 1. The van der Waals surface area contributed by atoms with Crippen molar-refractivity contribution in [2.75, 3.05) is 0 Å². The number of carbonyl (C=O) groups excluding carboxylic acids is 1. The Hall–Kier alpha value is -1.03. The minimum atomic E-state index is 0.109. The van der Waals surface area contributed by atoms with Crippen LogP contribution < -0.4 is 0 Å². The van der Waals surface area contributed by atoms with Crippen LogP contribution in [0.2, 0.25) is 0 Å². The van der Waals surface area contributed by atoms with E-state index in [1.165, 1.54) is 6.08 Å². The Morgan fingerprint density at radius 2 is 2.40 bits per heavy atom. The molecule has 0 heterocycles. The molecule has 0 unspecified atom stereocenters. The monoisotopic (exact) mass is 136 g/mol. The van der Waals surface area contributed by atoms with Gasteiger partial charge in [-0.05, 0) is 19.4 Å². The average Bonchev–Trinajstić information content (AvgIpc) is 1.98. The van der Waals surface area contributed by atoms with Crippen LogP contribution in [0.4, 0.5) is 0 Å². The lowest BCUT2D eigenvalue weighted by atomic mass is 10.2. The molecular weight excluding hydrogens is 124 g/mol. The number of hydrogen-bond acceptors (Lipinski definition) is 1. The summed E-state index contributed by atoms with van der Waals surface area (Å²) < 4.78 is 0. The maximum Gasteiger partial charge on any atom is 0.155 e. The molecule has 0 aromatic rings. The Morgan fingerprint density at radius 1 is 1.70 bits per heavy atom. The molecule has 0 saturated heterocycles. The molecule has 0 aromatic heterocycles. The Balaban J connectivity index is 3.25. The molecule has 0 fully saturated rings. The van der Waals surface area contributed by atoms with Gasteiger partial charge in [-0.25, -0.2) is 0 Å². The van der Waals surface area contributed by atoms with Gasteiger partial charge < -0.3 is 0 Å². The van der Waals surface area contributed by atoms with E-state index < -0.39 is 0 Å². The zero-order valence-corrected chi connectivity index (χ0v) is 6.31. The predicted molar refractivity (Wildman–Crippen MR) is 42.5 cm³/mol. The summed E-state index contributed by atoms with van der Waals surface area (Å²) in [5.41, 5.74) is 0. The third kappa shape index (κ3) is 5.11. The van der Waals surface area contributed by atoms with Crippen LogP contribution in [0.3, 0.4) is 0 Å². The summed E-state index contributed by atoms with van der Waals surface area (Å²) in [5.74, 6) is 5.77. The van der Waals surface area contributed by atoms with Gasteiger partial charge in [0.25, 0.3) is 0 Å². The first-order chi connectivity index (χ1) is 4.81. The fourth-order valence-electron chi connectivity index (χ4n) is 0.578. The number of rotatable bonds is 4. The molecular formula is C9H12O. The highest BCUT2D eigenvalue weighted by Gasteiger charge is 1.91. The summed E-state index contributed by atoms with van der Waals surface area (Å²) in [5, 5.41) is 0. The van der Waals surface area contributed by atoms with E-state index in [2.05, 4.69) is 18.4 Å². The van der Waals surface area contributed by atoms with Crippen molar-refractivity contribution >= 4 is 5.78 Å². The van der Waals surface area contributed by atoms with Crippen molar-refractivity contribution in [1.82, 2.24) is 0 Å². The van der Waals surface area contributed by atoms with Crippen molar-refractivity contribution < 1.29 is 4.79 Å². The molecule has 54 valence electrons. The average molecular weight is 136 g/mol. The maximum absolute atomic E-state index is 10.6. The summed E-state index contributed by atoms with van der Waals surface area (Å²) in [7, 11) is 0. The molecule has 0 radical (unpaired) electrons. The number of allylic oxidation sites excluding steroid dienone is 1. The first-order valence-electron chi connectivity index (χ1n) is 3.36. The third-order valence-electron chi connectivity index (χ3n) is 1.13. The van der Waals surface area contributed by atoms with Crippen molar-refractivity contribution in [2.45, 2.75) is 26.2 Å². The van der Waals surface area contributed by atoms with Crippen LogP contribution in [-0.2, 0) is 4.79 Å². The Labute approximate surface area is 62.1 Å². The van der Waals surface area contributed by atoms with Crippen LogP contribution >= 0.6 is 0 Å². The standard InChI is InChI=1S/C9H12O/c1-3-5-6-7-8-9(10)4-2/h4H,2,6-8H2,1H3. The van der Waals surface area contributed by atoms with Gasteiger partial charge in [-0.2, -0.15) is 0 Å². The first-order valence-corrected chi connectivity index (χ1v) is 3.36. The fraction of sp³-hybridized carbons (Fsp3) is 0.444. The van der Waals surface area contributed by atoms with Gasteiger partial charge in [0.1, 0.15) is 0 Å². The zero-order valence-electron chi connectivity index (χ0n) is 6.31. The Bertz CT molecular complexity index is 169. The van der Waals surface area contributed by atoms with Crippen LogP contribution in [0.1, 0.15) is 26.2 Å². The van der Waals surface area contributed by atoms with Crippen molar-refractivity contribution in [3.05, 3.63) is 12.7 Å². The number of carbonyl (C=O) groups is 1. The quantitative estimate of drug-likeness (QED) is 0.328. The lowest BCUT2D eigenvalue weighted by Gasteiger charge is -1.88. The highest BCUT2D eigenvalue weighted by Crippen LogP contribution is 1.94.